The molecule has 0 radical (unpaired) electrons. The molecule has 1 atom stereocenters. The van der Waals surface area contributed by atoms with Crippen molar-refractivity contribution in [3.63, 3.8) is 0 Å². The molecule has 2 fully saturated rings. The highest BCUT2D eigenvalue weighted by molar-refractivity contribution is 7.15. The predicted octanol–water partition coefficient (Wildman–Crippen LogP) is 2.91. The van der Waals surface area contributed by atoms with Gasteiger partial charge in [-0.25, -0.2) is 4.98 Å². The van der Waals surface area contributed by atoms with Gasteiger partial charge < -0.3 is 15.5 Å². The van der Waals surface area contributed by atoms with E-state index in [4.69, 9.17) is 0 Å². The number of thiazole rings is 1. The van der Waals surface area contributed by atoms with Gasteiger partial charge in [-0.15, -0.1) is 11.3 Å². The van der Waals surface area contributed by atoms with Gasteiger partial charge in [0.2, 0.25) is 11.8 Å². The topological polar surface area (TPSA) is 74.3 Å². The number of hydrogen-bond acceptors (Lipinski definition) is 5. The van der Waals surface area contributed by atoms with Gasteiger partial charge in [0.25, 0.3) is 0 Å². The molecular weight excluding hydrogens is 360 g/mol. The molecule has 1 unspecified atom stereocenters. The Kier molecular flexibility index (Phi) is 5.22. The van der Waals surface area contributed by atoms with E-state index in [1.807, 2.05) is 37.4 Å². The van der Waals surface area contributed by atoms with Gasteiger partial charge in [-0.3, -0.25) is 9.59 Å². The number of carbonyl (C=O) groups excluding carboxylic acids is 2. The molecule has 0 saturated carbocycles. The summed E-state index contributed by atoms with van der Waals surface area (Å²) < 4.78 is 0. The maximum Gasteiger partial charge on any atom is 0.231 e. The summed E-state index contributed by atoms with van der Waals surface area (Å²) in [4.78, 5) is 32.3. The van der Waals surface area contributed by atoms with E-state index in [2.05, 4.69) is 15.6 Å². The highest BCUT2D eigenvalue weighted by Gasteiger charge is 2.35. The molecule has 7 heteroatoms. The van der Waals surface area contributed by atoms with Crippen LogP contribution in [0.15, 0.2) is 30.5 Å². The van der Waals surface area contributed by atoms with Crippen LogP contribution in [0, 0.1) is 12.8 Å². The molecule has 6 nitrogen and oxygen atoms in total. The Hall–Kier alpha value is -2.25. The third kappa shape index (κ3) is 4.04. The maximum atomic E-state index is 12.6. The first-order chi connectivity index (χ1) is 13.1. The van der Waals surface area contributed by atoms with Gasteiger partial charge in [0.15, 0.2) is 5.13 Å². The van der Waals surface area contributed by atoms with Crippen molar-refractivity contribution in [1.82, 2.24) is 10.3 Å². The lowest BCUT2D eigenvalue weighted by Gasteiger charge is -2.20. The third-order valence-corrected chi connectivity index (χ3v) is 6.41. The van der Waals surface area contributed by atoms with Crippen LogP contribution in [0.5, 0.6) is 0 Å². The van der Waals surface area contributed by atoms with Crippen LogP contribution in [0.2, 0.25) is 0 Å². The zero-order valence-corrected chi connectivity index (χ0v) is 16.2. The van der Waals surface area contributed by atoms with Crippen molar-refractivity contribution >= 4 is 34.0 Å². The number of nitrogens with zero attached hydrogens (tertiary/aromatic N) is 2. The van der Waals surface area contributed by atoms with Gasteiger partial charge in [-0.05, 0) is 50.9 Å². The molecule has 2 N–H and O–H groups in total. The molecule has 2 aromatic rings. The van der Waals surface area contributed by atoms with Crippen LogP contribution >= 0.6 is 11.3 Å². The maximum absolute atomic E-state index is 12.6. The van der Waals surface area contributed by atoms with E-state index in [1.54, 1.807) is 16.2 Å². The summed E-state index contributed by atoms with van der Waals surface area (Å²) in [6, 6.07) is 7.82. The van der Waals surface area contributed by atoms with Crippen LogP contribution < -0.4 is 15.5 Å². The second-order valence-electron chi connectivity index (χ2n) is 7.32. The molecule has 3 heterocycles. The number of carbonyl (C=O) groups is 2. The molecular formula is C20H24N4O2S. The van der Waals surface area contributed by atoms with Crippen molar-refractivity contribution in [1.29, 1.82) is 0 Å². The molecule has 0 aliphatic carbocycles. The molecule has 1 aromatic heterocycles. The third-order valence-electron chi connectivity index (χ3n) is 5.34. The molecule has 0 bridgehead atoms. The van der Waals surface area contributed by atoms with E-state index in [-0.39, 0.29) is 24.2 Å². The van der Waals surface area contributed by atoms with Crippen LogP contribution in [-0.4, -0.2) is 36.4 Å². The summed E-state index contributed by atoms with van der Waals surface area (Å²) in [5.74, 6) is 0.0576. The van der Waals surface area contributed by atoms with E-state index in [1.165, 1.54) is 4.88 Å². The highest BCUT2D eigenvalue weighted by atomic mass is 32.1. The number of piperidine rings is 1. The highest BCUT2D eigenvalue weighted by Crippen LogP contribution is 2.32. The summed E-state index contributed by atoms with van der Waals surface area (Å²) in [7, 11) is 0. The molecule has 2 amide bonds. The monoisotopic (exact) mass is 384 g/mol. The van der Waals surface area contributed by atoms with Gasteiger partial charge in [0.05, 0.1) is 5.92 Å². The predicted molar refractivity (Wildman–Crippen MR) is 107 cm³/mol. The van der Waals surface area contributed by atoms with Crippen molar-refractivity contribution in [2.75, 3.05) is 29.9 Å². The second kappa shape index (κ2) is 7.78. The number of nitrogens with one attached hydrogen (secondary N) is 2. The molecule has 0 spiro atoms. The Morgan fingerprint density at radius 2 is 2.00 bits per heavy atom. The van der Waals surface area contributed by atoms with Crippen molar-refractivity contribution in [2.45, 2.75) is 32.1 Å². The van der Waals surface area contributed by atoms with E-state index in [0.29, 0.717) is 17.6 Å². The number of benzene rings is 1. The second-order valence-corrected chi connectivity index (χ2v) is 8.38. The minimum absolute atomic E-state index is 0.00598. The zero-order chi connectivity index (χ0) is 18.8. The molecule has 27 heavy (non-hydrogen) atoms. The van der Waals surface area contributed by atoms with Crippen LogP contribution in [0.25, 0.3) is 0 Å². The number of amides is 2. The largest absolute Gasteiger partial charge is 0.317 e. The van der Waals surface area contributed by atoms with E-state index < -0.39 is 0 Å². The zero-order valence-electron chi connectivity index (χ0n) is 15.4. The average Bonchev–Trinajstić information content (AvgIpc) is 3.30. The normalized spacial score (nSPS) is 20.9. The Labute approximate surface area is 163 Å². The molecule has 1 aromatic carbocycles. The first-order valence-electron chi connectivity index (χ1n) is 9.44. The van der Waals surface area contributed by atoms with Gasteiger partial charge in [-0.1, -0.05) is 17.7 Å². The van der Waals surface area contributed by atoms with Crippen molar-refractivity contribution in [2.24, 2.45) is 5.92 Å². The first kappa shape index (κ1) is 18.1. The SMILES string of the molecule is Cc1ccc(N2CC(C(=O)Nc3ncc(C4CCNCC4)s3)CC2=O)cc1. The molecule has 2 aliphatic heterocycles. The standard InChI is InChI=1S/C20H24N4O2S/c1-13-2-4-16(5-3-13)24-12-15(10-18(24)25)19(26)23-20-22-11-17(27-20)14-6-8-21-9-7-14/h2-5,11,14-15,21H,6-10,12H2,1H3,(H,22,23,26). The number of rotatable bonds is 4. The summed E-state index contributed by atoms with van der Waals surface area (Å²) in [6.07, 6.45) is 4.34. The lowest BCUT2D eigenvalue weighted by atomic mass is 9.97. The van der Waals surface area contributed by atoms with E-state index >= 15 is 0 Å². The van der Waals surface area contributed by atoms with Crippen LogP contribution in [0.1, 0.15) is 35.6 Å². The Morgan fingerprint density at radius 1 is 1.26 bits per heavy atom. The van der Waals surface area contributed by atoms with Crippen LogP contribution in [0.4, 0.5) is 10.8 Å². The fourth-order valence-electron chi connectivity index (χ4n) is 3.70. The number of hydrogen-bond donors (Lipinski definition) is 2. The van der Waals surface area contributed by atoms with Crippen LogP contribution in [0.3, 0.4) is 0 Å². The Balaban J connectivity index is 1.38. The minimum atomic E-state index is -0.343. The van der Waals surface area contributed by atoms with Crippen LogP contribution in [-0.2, 0) is 9.59 Å². The summed E-state index contributed by atoms with van der Waals surface area (Å²) in [6.45, 7) is 4.49. The van der Waals surface area contributed by atoms with Crippen molar-refractivity contribution in [3.8, 4) is 0 Å². The molecule has 2 aliphatic rings. The lowest BCUT2D eigenvalue weighted by Crippen LogP contribution is -2.28. The van der Waals surface area contributed by atoms with Gasteiger partial charge >= 0.3 is 0 Å². The van der Waals surface area contributed by atoms with E-state index in [9.17, 15) is 9.59 Å². The first-order valence-corrected chi connectivity index (χ1v) is 10.3. The quantitative estimate of drug-likeness (QED) is 0.850. The smallest absolute Gasteiger partial charge is 0.231 e. The van der Waals surface area contributed by atoms with Gasteiger partial charge in [-0.2, -0.15) is 0 Å². The summed E-state index contributed by atoms with van der Waals surface area (Å²) in [5.41, 5.74) is 2.00. The minimum Gasteiger partial charge on any atom is -0.317 e. The molecule has 142 valence electrons. The average molecular weight is 385 g/mol. The van der Waals surface area contributed by atoms with Crippen molar-refractivity contribution < 1.29 is 9.59 Å². The Bertz CT molecular complexity index is 827. The van der Waals surface area contributed by atoms with Crippen molar-refractivity contribution in [3.05, 3.63) is 40.9 Å². The fraction of sp³-hybridized carbons (Fsp3) is 0.450. The lowest BCUT2D eigenvalue weighted by molar-refractivity contribution is -0.122. The number of aromatic nitrogens is 1. The summed E-state index contributed by atoms with van der Waals surface area (Å²) >= 11 is 1.56. The summed E-state index contributed by atoms with van der Waals surface area (Å²) in [5, 5.41) is 6.92. The number of anilines is 2. The van der Waals surface area contributed by atoms with Gasteiger partial charge in [0.1, 0.15) is 0 Å². The van der Waals surface area contributed by atoms with Gasteiger partial charge in [0, 0.05) is 29.7 Å². The fourth-order valence-corrected chi connectivity index (χ4v) is 4.69. The molecule has 4 rings (SSSR count). The molecule has 2 saturated heterocycles. The number of aryl methyl sites for hydroxylation is 1. The Morgan fingerprint density at radius 3 is 2.74 bits per heavy atom. The van der Waals surface area contributed by atoms with E-state index in [0.717, 1.165) is 37.2 Å².